The van der Waals surface area contributed by atoms with Crippen LogP contribution in [0, 0.1) is 11.6 Å². The second kappa shape index (κ2) is 4.73. The lowest BCUT2D eigenvalue weighted by Gasteiger charge is -2.08. The first-order valence-corrected chi connectivity index (χ1v) is 5.87. The number of nitrogen functional groups attached to an aromatic ring is 1. The summed E-state index contributed by atoms with van der Waals surface area (Å²) in [6.45, 7) is 0. The molecule has 1 heterocycles. The van der Waals surface area contributed by atoms with Crippen LogP contribution in [0.1, 0.15) is 0 Å². The zero-order chi connectivity index (χ0) is 14.1. The quantitative estimate of drug-likeness (QED) is 0.730. The van der Waals surface area contributed by atoms with E-state index in [1.165, 1.54) is 12.4 Å². The van der Waals surface area contributed by atoms with Crippen molar-refractivity contribution in [2.45, 2.75) is 0 Å². The SMILES string of the molecule is Nc1cc(-c2nncn2-c2ccccc2)c(F)cc1F. The van der Waals surface area contributed by atoms with Crippen molar-refractivity contribution in [3.05, 3.63) is 60.4 Å². The molecular formula is C14H10F2N4. The number of benzene rings is 2. The third-order valence-electron chi connectivity index (χ3n) is 2.91. The number of aromatic nitrogens is 3. The molecule has 0 saturated heterocycles. The molecule has 0 spiro atoms. The van der Waals surface area contributed by atoms with E-state index in [9.17, 15) is 8.78 Å². The number of hydrogen-bond donors (Lipinski definition) is 1. The summed E-state index contributed by atoms with van der Waals surface area (Å²) >= 11 is 0. The molecule has 0 bridgehead atoms. The van der Waals surface area contributed by atoms with Crippen LogP contribution < -0.4 is 5.73 Å². The van der Waals surface area contributed by atoms with Crippen LogP contribution in [0.5, 0.6) is 0 Å². The summed E-state index contributed by atoms with van der Waals surface area (Å²) in [5.74, 6) is -1.26. The van der Waals surface area contributed by atoms with Gasteiger partial charge in [0, 0.05) is 11.8 Å². The van der Waals surface area contributed by atoms with Crippen molar-refractivity contribution < 1.29 is 8.78 Å². The van der Waals surface area contributed by atoms with Crippen molar-refractivity contribution >= 4 is 5.69 Å². The molecule has 2 aromatic carbocycles. The monoisotopic (exact) mass is 272 g/mol. The fourth-order valence-corrected chi connectivity index (χ4v) is 1.93. The fraction of sp³-hybridized carbons (Fsp3) is 0. The van der Waals surface area contributed by atoms with E-state index >= 15 is 0 Å². The highest BCUT2D eigenvalue weighted by molar-refractivity contribution is 5.64. The lowest BCUT2D eigenvalue weighted by atomic mass is 10.1. The second-order valence-electron chi connectivity index (χ2n) is 4.21. The Hall–Kier alpha value is -2.76. The molecule has 4 nitrogen and oxygen atoms in total. The molecule has 0 saturated carbocycles. The van der Waals surface area contributed by atoms with E-state index in [2.05, 4.69) is 10.2 Å². The van der Waals surface area contributed by atoms with E-state index in [1.54, 1.807) is 4.57 Å². The van der Waals surface area contributed by atoms with Crippen LogP contribution in [0.15, 0.2) is 48.8 Å². The van der Waals surface area contributed by atoms with E-state index in [0.29, 0.717) is 0 Å². The number of halogens is 2. The Morgan fingerprint density at radius 3 is 2.50 bits per heavy atom. The standard InChI is InChI=1S/C14H10F2N4/c15-11-7-12(16)13(17)6-10(11)14-19-18-8-20(14)9-4-2-1-3-5-9/h1-8H,17H2. The number of para-hydroxylation sites is 1. The predicted molar refractivity (Wildman–Crippen MR) is 71.1 cm³/mol. The van der Waals surface area contributed by atoms with Gasteiger partial charge in [0.05, 0.1) is 11.3 Å². The van der Waals surface area contributed by atoms with Crippen LogP contribution in [0.2, 0.25) is 0 Å². The average molecular weight is 272 g/mol. The first-order chi connectivity index (χ1) is 9.66. The first kappa shape index (κ1) is 12.3. The van der Waals surface area contributed by atoms with E-state index in [1.807, 2.05) is 30.3 Å². The molecule has 0 radical (unpaired) electrons. The minimum absolute atomic E-state index is 0.102. The van der Waals surface area contributed by atoms with Crippen LogP contribution in [0.3, 0.4) is 0 Å². The largest absolute Gasteiger partial charge is 0.396 e. The molecule has 0 aliphatic heterocycles. The molecule has 3 aromatic rings. The van der Waals surface area contributed by atoms with Gasteiger partial charge in [0.2, 0.25) is 0 Å². The Kier molecular flexibility index (Phi) is 2.90. The van der Waals surface area contributed by atoms with Gasteiger partial charge in [-0.1, -0.05) is 18.2 Å². The summed E-state index contributed by atoms with van der Waals surface area (Å²) in [4.78, 5) is 0. The normalized spacial score (nSPS) is 10.7. The Balaban J connectivity index is 2.18. The first-order valence-electron chi connectivity index (χ1n) is 5.87. The number of rotatable bonds is 2. The van der Waals surface area contributed by atoms with E-state index < -0.39 is 11.6 Å². The van der Waals surface area contributed by atoms with Crippen molar-refractivity contribution in [3.63, 3.8) is 0 Å². The van der Waals surface area contributed by atoms with Gasteiger partial charge in [0.1, 0.15) is 18.0 Å². The lowest BCUT2D eigenvalue weighted by molar-refractivity contribution is 0.587. The van der Waals surface area contributed by atoms with Crippen molar-refractivity contribution in [3.8, 4) is 17.1 Å². The molecule has 0 fully saturated rings. The Bertz CT molecular complexity index is 753. The summed E-state index contributed by atoms with van der Waals surface area (Å²) in [6, 6.07) is 11.2. The van der Waals surface area contributed by atoms with Crippen molar-refractivity contribution in [1.29, 1.82) is 0 Å². The Morgan fingerprint density at radius 2 is 1.75 bits per heavy atom. The molecule has 1 aromatic heterocycles. The zero-order valence-corrected chi connectivity index (χ0v) is 10.3. The fourth-order valence-electron chi connectivity index (χ4n) is 1.93. The van der Waals surface area contributed by atoms with Gasteiger partial charge in [-0.25, -0.2) is 8.78 Å². The highest BCUT2D eigenvalue weighted by Gasteiger charge is 2.15. The molecule has 20 heavy (non-hydrogen) atoms. The summed E-state index contributed by atoms with van der Waals surface area (Å²) in [6.07, 6.45) is 1.46. The smallest absolute Gasteiger partial charge is 0.171 e. The second-order valence-corrected chi connectivity index (χ2v) is 4.21. The molecule has 100 valence electrons. The molecule has 6 heteroatoms. The van der Waals surface area contributed by atoms with Crippen molar-refractivity contribution in [2.75, 3.05) is 5.73 Å². The maximum atomic E-state index is 13.9. The minimum atomic E-state index is -0.794. The van der Waals surface area contributed by atoms with Crippen LogP contribution in [-0.4, -0.2) is 14.8 Å². The van der Waals surface area contributed by atoms with E-state index in [-0.39, 0.29) is 17.1 Å². The molecule has 0 amide bonds. The van der Waals surface area contributed by atoms with Crippen LogP contribution in [0.4, 0.5) is 14.5 Å². The van der Waals surface area contributed by atoms with Gasteiger partial charge in [-0.3, -0.25) is 4.57 Å². The Morgan fingerprint density at radius 1 is 1.00 bits per heavy atom. The minimum Gasteiger partial charge on any atom is -0.396 e. The maximum Gasteiger partial charge on any atom is 0.171 e. The molecule has 0 aliphatic rings. The average Bonchev–Trinajstić information content (AvgIpc) is 2.93. The van der Waals surface area contributed by atoms with Gasteiger partial charge in [-0.05, 0) is 18.2 Å². The van der Waals surface area contributed by atoms with E-state index in [4.69, 9.17) is 5.73 Å². The number of nitrogens with zero attached hydrogens (tertiary/aromatic N) is 3. The van der Waals surface area contributed by atoms with Gasteiger partial charge in [0.15, 0.2) is 5.82 Å². The maximum absolute atomic E-state index is 13.9. The van der Waals surface area contributed by atoms with Gasteiger partial charge < -0.3 is 5.73 Å². The lowest BCUT2D eigenvalue weighted by Crippen LogP contribution is -2.00. The number of anilines is 1. The Labute approximate surface area is 113 Å². The summed E-state index contributed by atoms with van der Waals surface area (Å²) in [5.41, 5.74) is 6.23. The van der Waals surface area contributed by atoms with Crippen LogP contribution >= 0.6 is 0 Å². The van der Waals surface area contributed by atoms with E-state index in [0.717, 1.165) is 11.8 Å². The zero-order valence-electron chi connectivity index (χ0n) is 10.3. The van der Waals surface area contributed by atoms with Crippen molar-refractivity contribution in [1.82, 2.24) is 14.8 Å². The van der Waals surface area contributed by atoms with Crippen LogP contribution in [-0.2, 0) is 0 Å². The molecule has 0 unspecified atom stereocenters. The third-order valence-corrected chi connectivity index (χ3v) is 2.91. The molecule has 3 rings (SSSR count). The van der Waals surface area contributed by atoms with Crippen molar-refractivity contribution in [2.24, 2.45) is 0 Å². The molecular weight excluding hydrogens is 262 g/mol. The van der Waals surface area contributed by atoms with Gasteiger partial charge in [-0.15, -0.1) is 10.2 Å². The predicted octanol–water partition coefficient (Wildman–Crippen LogP) is 2.79. The summed E-state index contributed by atoms with van der Waals surface area (Å²) in [5, 5.41) is 7.67. The van der Waals surface area contributed by atoms with Gasteiger partial charge in [0.25, 0.3) is 0 Å². The van der Waals surface area contributed by atoms with Crippen LogP contribution in [0.25, 0.3) is 17.1 Å². The van der Waals surface area contributed by atoms with Gasteiger partial charge >= 0.3 is 0 Å². The number of nitrogens with two attached hydrogens (primary N) is 1. The topological polar surface area (TPSA) is 56.7 Å². The third kappa shape index (κ3) is 2.01. The summed E-state index contributed by atoms with van der Waals surface area (Å²) < 4.78 is 28.7. The molecule has 0 atom stereocenters. The summed E-state index contributed by atoms with van der Waals surface area (Å²) in [7, 11) is 0. The molecule has 0 aliphatic carbocycles. The highest BCUT2D eigenvalue weighted by atomic mass is 19.1. The van der Waals surface area contributed by atoms with Gasteiger partial charge in [-0.2, -0.15) is 0 Å². The highest BCUT2D eigenvalue weighted by Crippen LogP contribution is 2.26. The molecule has 2 N–H and O–H groups in total. The number of hydrogen-bond acceptors (Lipinski definition) is 3.